The maximum Gasteiger partial charge on any atom is 0.194 e. The quantitative estimate of drug-likeness (QED) is 0.667. The van der Waals surface area contributed by atoms with Crippen LogP contribution >= 0.6 is 0 Å². The zero-order chi connectivity index (χ0) is 17.5. The molecule has 5 nitrogen and oxygen atoms in total. The van der Waals surface area contributed by atoms with E-state index >= 15 is 0 Å². The van der Waals surface area contributed by atoms with Gasteiger partial charge in [0.15, 0.2) is 5.96 Å². The highest BCUT2D eigenvalue weighted by atomic mass is 16.5. The summed E-state index contributed by atoms with van der Waals surface area (Å²) >= 11 is 0. The highest BCUT2D eigenvalue weighted by Crippen LogP contribution is 2.34. The predicted molar refractivity (Wildman–Crippen MR) is 100 cm³/mol. The van der Waals surface area contributed by atoms with Crippen molar-refractivity contribution < 1.29 is 4.52 Å². The van der Waals surface area contributed by atoms with Crippen LogP contribution < -0.4 is 5.32 Å². The molecule has 0 aliphatic carbocycles. The van der Waals surface area contributed by atoms with Crippen LogP contribution in [-0.2, 0) is 6.54 Å². The minimum atomic E-state index is 0.550. The third-order valence-corrected chi connectivity index (χ3v) is 5.00. The molecule has 25 heavy (non-hydrogen) atoms. The summed E-state index contributed by atoms with van der Waals surface area (Å²) in [5.41, 5.74) is 2.33. The van der Waals surface area contributed by atoms with Crippen LogP contribution in [0.5, 0.6) is 0 Å². The maximum atomic E-state index is 4.90. The number of piperidine rings is 1. The summed E-state index contributed by atoms with van der Waals surface area (Å²) in [6.07, 6.45) is 3.94. The number of aromatic nitrogens is 1. The fourth-order valence-corrected chi connectivity index (χ4v) is 3.68. The van der Waals surface area contributed by atoms with Gasteiger partial charge >= 0.3 is 0 Å². The van der Waals surface area contributed by atoms with E-state index in [0.717, 1.165) is 37.7 Å². The van der Waals surface area contributed by atoms with Crippen LogP contribution in [0.2, 0.25) is 0 Å². The van der Waals surface area contributed by atoms with Gasteiger partial charge in [-0.2, -0.15) is 0 Å². The van der Waals surface area contributed by atoms with E-state index < -0.39 is 0 Å². The first-order valence-electron chi connectivity index (χ1n) is 9.29. The van der Waals surface area contributed by atoms with Crippen molar-refractivity contribution in [2.75, 3.05) is 19.6 Å². The lowest BCUT2D eigenvalue weighted by molar-refractivity contribution is 0.215. The largest absolute Gasteiger partial charge is 0.364 e. The third kappa shape index (κ3) is 4.41. The Labute approximate surface area is 150 Å². The van der Waals surface area contributed by atoms with Gasteiger partial charge in [0.1, 0.15) is 12.0 Å². The van der Waals surface area contributed by atoms with Crippen molar-refractivity contribution >= 4 is 5.96 Å². The Hall–Kier alpha value is -2.30. The standard InChI is InChI=1S/C20H28N4O/c1-3-16-15-24(12-10-19(16)17-8-6-5-7-9-17)20(21-4-2)22-14-18-11-13-25-23-18/h5-9,11,13,16,19H,3-4,10,12,14-15H2,1-2H3,(H,21,22). The molecule has 0 radical (unpaired) electrons. The molecule has 2 aromatic rings. The third-order valence-electron chi connectivity index (χ3n) is 5.00. The molecular formula is C20H28N4O. The fraction of sp³-hybridized carbons (Fsp3) is 0.500. The molecule has 0 amide bonds. The topological polar surface area (TPSA) is 53.7 Å². The monoisotopic (exact) mass is 340 g/mol. The number of hydrogen-bond acceptors (Lipinski definition) is 3. The number of aliphatic imine (C=N–C) groups is 1. The van der Waals surface area contributed by atoms with E-state index in [2.05, 4.69) is 59.6 Å². The molecule has 1 N–H and O–H groups in total. The second-order valence-corrected chi connectivity index (χ2v) is 6.58. The van der Waals surface area contributed by atoms with Crippen molar-refractivity contribution in [2.45, 2.75) is 39.2 Å². The van der Waals surface area contributed by atoms with Crippen LogP contribution in [-0.4, -0.2) is 35.7 Å². The Morgan fingerprint density at radius 2 is 2.12 bits per heavy atom. The van der Waals surface area contributed by atoms with Crippen molar-refractivity contribution in [2.24, 2.45) is 10.9 Å². The number of benzene rings is 1. The SMILES string of the molecule is CCNC(=NCc1ccon1)N1CCC(c2ccccc2)C(CC)C1. The summed E-state index contributed by atoms with van der Waals surface area (Å²) in [5.74, 6) is 2.27. The van der Waals surface area contributed by atoms with Crippen molar-refractivity contribution in [3.63, 3.8) is 0 Å². The molecule has 5 heteroatoms. The van der Waals surface area contributed by atoms with Crippen molar-refractivity contribution in [1.82, 2.24) is 15.4 Å². The molecule has 1 fully saturated rings. The van der Waals surface area contributed by atoms with Gasteiger partial charge < -0.3 is 14.7 Å². The van der Waals surface area contributed by atoms with Crippen LogP contribution in [0, 0.1) is 5.92 Å². The molecule has 2 unspecified atom stereocenters. The summed E-state index contributed by atoms with van der Waals surface area (Å²) in [4.78, 5) is 7.16. The Bertz CT molecular complexity index is 654. The zero-order valence-corrected chi connectivity index (χ0v) is 15.2. The number of nitrogens with one attached hydrogen (secondary N) is 1. The molecule has 1 aliphatic heterocycles. The summed E-state index contributed by atoms with van der Waals surface area (Å²) in [6, 6.07) is 12.8. The number of likely N-dealkylation sites (tertiary alicyclic amines) is 1. The van der Waals surface area contributed by atoms with E-state index in [1.807, 2.05) is 6.07 Å². The minimum Gasteiger partial charge on any atom is -0.364 e. The van der Waals surface area contributed by atoms with Gasteiger partial charge in [0.2, 0.25) is 0 Å². The lowest BCUT2D eigenvalue weighted by atomic mass is 9.79. The van der Waals surface area contributed by atoms with Gasteiger partial charge in [-0.15, -0.1) is 0 Å². The first kappa shape index (κ1) is 17.5. The molecule has 2 atom stereocenters. The number of nitrogens with zero attached hydrogens (tertiary/aromatic N) is 3. The van der Waals surface area contributed by atoms with Crippen LogP contribution in [0.1, 0.15) is 43.9 Å². The average Bonchev–Trinajstić information content (AvgIpc) is 3.19. The molecule has 1 saturated heterocycles. The molecule has 1 aromatic heterocycles. The van der Waals surface area contributed by atoms with Gasteiger partial charge in [-0.05, 0) is 30.7 Å². The molecule has 1 aliphatic rings. The van der Waals surface area contributed by atoms with E-state index in [1.165, 1.54) is 12.0 Å². The van der Waals surface area contributed by atoms with E-state index in [9.17, 15) is 0 Å². The highest BCUT2D eigenvalue weighted by molar-refractivity contribution is 5.80. The van der Waals surface area contributed by atoms with Crippen LogP contribution in [0.4, 0.5) is 0 Å². The van der Waals surface area contributed by atoms with Gasteiger partial charge in [-0.3, -0.25) is 0 Å². The fourth-order valence-electron chi connectivity index (χ4n) is 3.68. The number of hydrogen-bond donors (Lipinski definition) is 1. The molecule has 2 heterocycles. The van der Waals surface area contributed by atoms with Crippen molar-refractivity contribution in [3.8, 4) is 0 Å². The van der Waals surface area contributed by atoms with Gasteiger partial charge in [-0.1, -0.05) is 48.8 Å². The Morgan fingerprint density at radius 1 is 1.28 bits per heavy atom. The van der Waals surface area contributed by atoms with Crippen molar-refractivity contribution in [3.05, 3.63) is 53.9 Å². The van der Waals surface area contributed by atoms with E-state index in [1.54, 1.807) is 6.26 Å². The molecular weight excluding hydrogens is 312 g/mol. The van der Waals surface area contributed by atoms with E-state index in [4.69, 9.17) is 9.52 Å². The zero-order valence-electron chi connectivity index (χ0n) is 15.2. The Morgan fingerprint density at radius 3 is 2.80 bits per heavy atom. The molecule has 134 valence electrons. The second-order valence-electron chi connectivity index (χ2n) is 6.58. The Balaban J connectivity index is 1.70. The minimum absolute atomic E-state index is 0.550. The molecule has 0 bridgehead atoms. The Kier molecular flexibility index (Phi) is 6.09. The van der Waals surface area contributed by atoms with Crippen molar-refractivity contribution in [1.29, 1.82) is 0 Å². The molecule has 0 saturated carbocycles. The predicted octanol–water partition coefficient (Wildman–Crippen LogP) is 3.66. The first-order chi connectivity index (χ1) is 12.3. The molecule has 3 rings (SSSR count). The number of guanidine groups is 1. The van der Waals surface area contributed by atoms with Crippen LogP contribution in [0.25, 0.3) is 0 Å². The van der Waals surface area contributed by atoms with Gasteiger partial charge in [0, 0.05) is 25.7 Å². The van der Waals surface area contributed by atoms with E-state index in [0.29, 0.717) is 18.4 Å². The first-order valence-corrected chi connectivity index (χ1v) is 9.29. The average molecular weight is 340 g/mol. The van der Waals surface area contributed by atoms with E-state index in [-0.39, 0.29) is 0 Å². The lowest BCUT2D eigenvalue weighted by Gasteiger charge is -2.40. The van der Waals surface area contributed by atoms with Crippen LogP contribution in [0.3, 0.4) is 0 Å². The molecule has 0 spiro atoms. The number of rotatable bonds is 5. The van der Waals surface area contributed by atoms with Gasteiger partial charge in [-0.25, -0.2) is 4.99 Å². The normalized spacial score (nSPS) is 21.4. The van der Waals surface area contributed by atoms with Gasteiger partial charge in [0.25, 0.3) is 0 Å². The van der Waals surface area contributed by atoms with Crippen LogP contribution in [0.15, 0.2) is 52.2 Å². The van der Waals surface area contributed by atoms with Gasteiger partial charge in [0.05, 0.1) is 6.54 Å². The summed E-state index contributed by atoms with van der Waals surface area (Å²) in [7, 11) is 0. The maximum absolute atomic E-state index is 4.90. The smallest absolute Gasteiger partial charge is 0.194 e. The highest BCUT2D eigenvalue weighted by Gasteiger charge is 2.30. The summed E-state index contributed by atoms with van der Waals surface area (Å²) in [5, 5.41) is 7.38. The summed E-state index contributed by atoms with van der Waals surface area (Å²) < 4.78 is 4.90. The molecule has 1 aromatic carbocycles. The second kappa shape index (κ2) is 8.70. The lowest BCUT2D eigenvalue weighted by Crippen LogP contribution is -2.48. The summed E-state index contributed by atoms with van der Waals surface area (Å²) in [6.45, 7) is 7.89.